The summed E-state index contributed by atoms with van der Waals surface area (Å²) in [4.78, 5) is 20.0. The first-order valence-corrected chi connectivity index (χ1v) is 8.84. The molecule has 0 aliphatic carbocycles. The molecule has 0 saturated carbocycles. The van der Waals surface area contributed by atoms with Crippen LogP contribution in [0.15, 0.2) is 59.8 Å². The van der Waals surface area contributed by atoms with Crippen molar-refractivity contribution >= 4 is 11.6 Å². The van der Waals surface area contributed by atoms with Crippen LogP contribution in [0.4, 0.5) is 4.39 Å². The molecule has 2 aromatic carbocycles. The van der Waals surface area contributed by atoms with Crippen LogP contribution in [0.1, 0.15) is 31.4 Å². The second-order valence-electron chi connectivity index (χ2n) is 6.84. The SMILES string of the molecule is CC(C)C(=O)N(Cc1ccccc1)CC1CC(c2cccc(F)c2)=NO1. The number of nitrogens with zero attached hydrogens (tertiary/aromatic N) is 2. The number of amides is 1. The van der Waals surface area contributed by atoms with Gasteiger partial charge in [-0.05, 0) is 17.7 Å². The maximum atomic E-state index is 13.4. The molecule has 0 spiro atoms. The van der Waals surface area contributed by atoms with E-state index in [1.165, 1.54) is 12.1 Å². The molecule has 1 aliphatic rings. The summed E-state index contributed by atoms with van der Waals surface area (Å²) < 4.78 is 13.4. The second kappa shape index (κ2) is 8.13. The predicted molar refractivity (Wildman–Crippen MR) is 99.1 cm³/mol. The minimum atomic E-state index is -0.297. The van der Waals surface area contributed by atoms with Crippen LogP contribution in [0, 0.1) is 11.7 Å². The molecule has 1 heterocycles. The molecule has 3 rings (SSSR count). The molecule has 1 atom stereocenters. The topological polar surface area (TPSA) is 41.9 Å². The van der Waals surface area contributed by atoms with Crippen LogP contribution in [0.25, 0.3) is 0 Å². The molecule has 0 saturated heterocycles. The quantitative estimate of drug-likeness (QED) is 0.787. The second-order valence-corrected chi connectivity index (χ2v) is 6.84. The maximum Gasteiger partial charge on any atom is 0.225 e. The minimum Gasteiger partial charge on any atom is -0.390 e. The van der Waals surface area contributed by atoms with Crippen LogP contribution < -0.4 is 0 Å². The lowest BCUT2D eigenvalue weighted by Gasteiger charge is -2.26. The first-order valence-electron chi connectivity index (χ1n) is 8.84. The van der Waals surface area contributed by atoms with Gasteiger partial charge in [0.25, 0.3) is 0 Å². The molecule has 2 aromatic rings. The molecular weight excluding hydrogens is 331 g/mol. The Morgan fingerprint density at radius 2 is 2.00 bits per heavy atom. The standard InChI is InChI=1S/C21H23FN2O2/c1-15(2)21(25)24(13-16-7-4-3-5-8-16)14-19-12-20(23-26-19)17-9-6-10-18(22)11-17/h3-11,15,19H,12-14H2,1-2H3. The highest BCUT2D eigenvalue weighted by Crippen LogP contribution is 2.20. The highest BCUT2D eigenvalue weighted by atomic mass is 19.1. The highest BCUT2D eigenvalue weighted by Gasteiger charge is 2.27. The fourth-order valence-corrected chi connectivity index (χ4v) is 3.01. The van der Waals surface area contributed by atoms with Gasteiger partial charge in [0.1, 0.15) is 5.82 Å². The molecule has 1 unspecified atom stereocenters. The van der Waals surface area contributed by atoms with Gasteiger partial charge in [0, 0.05) is 24.4 Å². The molecule has 0 fully saturated rings. The molecule has 0 radical (unpaired) electrons. The van der Waals surface area contributed by atoms with Gasteiger partial charge in [-0.1, -0.05) is 61.5 Å². The van der Waals surface area contributed by atoms with E-state index in [0.717, 1.165) is 11.1 Å². The van der Waals surface area contributed by atoms with Gasteiger partial charge in [0.2, 0.25) is 5.91 Å². The molecule has 1 aliphatic heterocycles. The van der Waals surface area contributed by atoms with Gasteiger partial charge >= 0.3 is 0 Å². The maximum absolute atomic E-state index is 13.4. The largest absolute Gasteiger partial charge is 0.390 e. The van der Waals surface area contributed by atoms with E-state index in [0.29, 0.717) is 25.2 Å². The number of hydrogen-bond acceptors (Lipinski definition) is 3. The molecule has 0 bridgehead atoms. The summed E-state index contributed by atoms with van der Waals surface area (Å²) in [5, 5.41) is 4.10. The number of rotatable bonds is 6. The van der Waals surface area contributed by atoms with E-state index >= 15 is 0 Å². The van der Waals surface area contributed by atoms with Gasteiger partial charge < -0.3 is 9.74 Å². The molecule has 5 heteroatoms. The third kappa shape index (κ3) is 4.48. The van der Waals surface area contributed by atoms with Crippen molar-refractivity contribution in [2.45, 2.75) is 32.9 Å². The Kier molecular flexibility index (Phi) is 5.66. The van der Waals surface area contributed by atoms with Gasteiger partial charge in [-0.2, -0.15) is 0 Å². The average Bonchev–Trinajstić information content (AvgIpc) is 3.10. The Hall–Kier alpha value is -2.69. The zero-order chi connectivity index (χ0) is 18.5. The summed E-state index contributed by atoms with van der Waals surface area (Å²) in [5.41, 5.74) is 2.51. The van der Waals surface area contributed by atoms with Crippen molar-refractivity contribution in [2.24, 2.45) is 11.1 Å². The first-order chi connectivity index (χ1) is 12.5. The number of carbonyl (C=O) groups is 1. The number of benzene rings is 2. The zero-order valence-electron chi connectivity index (χ0n) is 15.1. The first kappa shape index (κ1) is 18.1. The molecular formula is C21H23FN2O2. The summed E-state index contributed by atoms with van der Waals surface area (Å²) in [5.74, 6) is -0.310. The molecule has 0 aromatic heterocycles. The van der Waals surface area contributed by atoms with Crippen molar-refractivity contribution in [1.29, 1.82) is 0 Å². The predicted octanol–water partition coefficient (Wildman–Crippen LogP) is 4.00. The summed E-state index contributed by atoms with van der Waals surface area (Å²) in [7, 11) is 0. The summed E-state index contributed by atoms with van der Waals surface area (Å²) in [6.45, 7) is 4.77. The summed E-state index contributed by atoms with van der Waals surface area (Å²) in [6, 6.07) is 16.2. The summed E-state index contributed by atoms with van der Waals surface area (Å²) in [6.07, 6.45) is 0.333. The van der Waals surface area contributed by atoms with Crippen molar-refractivity contribution < 1.29 is 14.0 Å². The van der Waals surface area contributed by atoms with Gasteiger partial charge in [-0.25, -0.2) is 4.39 Å². The Morgan fingerprint density at radius 3 is 2.69 bits per heavy atom. The minimum absolute atomic E-state index is 0.0802. The average molecular weight is 354 g/mol. The molecule has 4 nitrogen and oxygen atoms in total. The van der Waals surface area contributed by atoms with Crippen LogP contribution in [0.2, 0.25) is 0 Å². The van der Waals surface area contributed by atoms with E-state index in [4.69, 9.17) is 4.84 Å². The van der Waals surface area contributed by atoms with E-state index in [1.807, 2.05) is 55.1 Å². The fourth-order valence-electron chi connectivity index (χ4n) is 3.01. The van der Waals surface area contributed by atoms with Gasteiger partial charge in [0.15, 0.2) is 6.10 Å². The smallest absolute Gasteiger partial charge is 0.225 e. The van der Waals surface area contributed by atoms with E-state index in [-0.39, 0.29) is 23.7 Å². The zero-order valence-corrected chi connectivity index (χ0v) is 15.1. The fraction of sp³-hybridized carbons (Fsp3) is 0.333. The van der Waals surface area contributed by atoms with Crippen LogP contribution in [-0.2, 0) is 16.2 Å². The van der Waals surface area contributed by atoms with Crippen LogP contribution in [0.3, 0.4) is 0 Å². The molecule has 26 heavy (non-hydrogen) atoms. The van der Waals surface area contributed by atoms with Crippen molar-refractivity contribution in [3.63, 3.8) is 0 Å². The summed E-state index contributed by atoms with van der Waals surface area (Å²) >= 11 is 0. The van der Waals surface area contributed by atoms with Gasteiger partial charge in [-0.3, -0.25) is 4.79 Å². The number of halogens is 1. The monoisotopic (exact) mass is 354 g/mol. The molecule has 136 valence electrons. The van der Waals surface area contributed by atoms with E-state index in [2.05, 4.69) is 5.16 Å². The van der Waals surface area contributed by atoms with Crippen LogP contribution >= 0.6 is 0 Å². The van der Waals surface area contributed by atoms with Gasteiger partial charge in [-0.15, -0.1) is 0 Å². The lowest BCUT2D eigenvalue weighted by molar-refractivity contribution is -0.136. The molecule has 0 N–H and O–H groups in total. The Labute approximate surface area is 153 Å². The third-order valence-electron chi connectivity index (χ3n) is 4.34. The Bertz CT molecular complexity index is 790. The number of oxime groups is 1. The van der Waals surface area contributed by atoms with E-state index < -0.39 is 0 Å². The lowest BCUT2D eigenvalue weighted by Crippen LogP contribution is -2.39. The van der Waals surface area contributed by atoms with E-state index in [1.54, 1.807) is 6.07 Å². The van der Waals surface area contributed by atoms with E-state index in [9.17, 15) is 9.18 Å². The lowest BCUT2D eigenvalue weighted by atomic mass is 10.0. The van der Waals surface area contributed by atoms with Crippen LogP contribution in [0.5, 0.6) is 0 Å². The van der Waals surface area contributed by atoms with Crippen molar-refractivity contribution in [1.82, 2.24) is 4.90 Å². The third-order valence-corrected chi connectivity index (χ3v) is 4.34. The number of carbonyl (C=O) groups excluding carboxylic acids is 1. The van der Waals surface area contributed by atoms with Crippen molar-refractivity contribution in [3.8, 4) is 0 Å². The molecule has 1 amide bonds. The number of hydrogen-bond donors (Lipinski definition) is 0. The normalized spacial score (nSPS) is 16.3. The van der Waals surface area contributed by atoms with Crippen molar-refractivity contribution in [3.05, 3.63) is 71.5 Å². The van der Waals surface area contributed by atoms with Gasteiger partial charge in [0.05, 0.1) is 12.3 Å². The highest BCUT2D eigenvalue weighted by molar-refractivity contribution is 6.01. The van der Waals surface area contributed by atoms with Crippen LogP contribution in [-0.4, -0.2) is 29.2 Å². The van der Waals surface area contributed by atoms with Crippen molar-refractivity contribution in [2.75, 3.05) is 6.54 Å². The Morgan fingerprint density at radius 1 is 1.23 bits per heavy atom. The Balaban J connectivity index is 1.67.